The van der Waals surface area contributed by atoms with Crippen molar-refractivity contribution >= 4 is 17.3 Å². The molecule has 0 spiro atoms. The number of nitrogens with zero attached hydrogens (tertiary/aromatic N) is 1. The maximum absolute atomic E-state index is 8.74. The SMILES string of the molecule is OCCCCN1CCc2c(Cl)cccc21. The summed E-state index contributed by atoms with van der Waals surface area (Å²) in [5.41, 5.74) is 2.56. The van der Waals surface area contributed by atoms with Gasteiger partial charge < -0.3 is 10.0 Å². The summed E-state index contributed by atoms with van der Waals surface area (Å²) in [6.45, 7) is 2.37. The van der Waals surface area contributed by atoms with Crippen LogP contribution in [0.25, 0.3) is 0 Å². The Kier molecular flexibility index (Phi) is 3.49. The molecule has 1 N–H and O–H groups in total. The summed E-state index contributed by atoms with van der Waals surface area (Å²) >= 11 is 6.13. The lowest BCUT2D eigenvalue weighted by Crippen LogP contribution is -2.21. The van der Waals surface area contributed by atoms with Crippen molar-refractivity contribution in [1.29, 1.82) is 0 Å². The fourth-order valence-electron chi connectivity index (χ4n) is 2.10. The summed E-state index contributed by atoms with van der Waals surface area (Å²) in [6.07, 6.45) is 2.98. The smallest absolute Gasteiger partial charge is 0.0459 e. The predicted molar refractivity (Wildman–Crippen MR) is 63.7 cm³/mol. The van der Waals surface area contributed by atoms with Crippen molar-refractivity contribution in [3.8, 4) is 0 Å². The minimum absolute atomic E-state index is 0.288. The zero-order valence-corrected chi connectivity index (χ0v) is 9.50. The van der Waals surface area contributed by atoms with Gasteiger partial charge in [0.05, 0.1) is 0 Å². The molecule has 2 nitrogen and oxygen atoms in total. The highest BCUT2D eigenvalue weighted by Crippen LogP contribution is 2.33. The molecule has 3 heteroatoms. The molecule has 1 heterocycles. The normalized spacial score (nSPS) is 14.4. The van der Waals surface area contributed by atoms with Crippen molar-refractivity contribution in [2.45, 2.75) is 19.3 Å². The van der Waals surface area contributed by atoms with E-state index in [0.29, 0.717) is 0 Å². The molecule has 0 bridgehead atoms. The predicted octanol–water partition coefficient (Wildman–Crippen LogP) is 2.48. The highest BCUT2D eigenvalue weighted by Gasteiger charge is 2.19. The van der Waals surface area contributed by atoms with Crippen molar-refractivity contribution in [2.75, 3.05) is 24.6 Å². The minimum Gasteiger partial charge on any atom is -0.396 e. The molecule has 0 saturated heterocycles. The van der Waals surface area contributed by atoms with E-state index in [-0.39, 0.29) is 6.61 Å². The Labute approximate surface area is 95.5 Å². The molecule has 1 aromatic rings. The van der Waals surface area contributed by atoms with Gasteiger partial charge in [0.2, 0.25) is 0 Å². The highest BCUT2D eigenvalue weighted by atomic mass is 35.5. The number of hydrogen-bond acceptors (Lipinski definition) is 2. The Morgan fingerprint density at radius 1 is 1.33 bits per heavy atom. The Morgan fingerprint density at radius 3 is 3.00 bits per heavy atom. The molecule has 1 aromatic carbocycles. The third-order valence-electron chi connectivity index (χ3n) is 2.90. The number of aliphatic hydroxyl groups is 1. The van der Waals surface area contributed by atoms with Gasteiger partial charge in [-0.15, -0.1) is 0 Å². The van der Waals surface area contributed by atoms with Crippen LogP contribution in [0.15, 0.2) is 18.2 Å². The first-order valence-corrected chi connectivity index (χ1v) is 5.84. The molecule has 2 rings (SSSR count). The fourth-order valence-corrected chi connectivity index (χ4v) is 2.37. The number of rotatable bonds is 4. The first-order chi connectivity index (χ1) is 7.33. The molecule has 0 aromatic heterocycles. The molecule has 0 atom stereocenters. The molecule has 0 unspecified atom stereocenters. The third kappa shape index (κ3) is 2.27. The standard InChI is InChI=1S/C12H16ClNO/c13-11-4-3-5-12-10(11)6-8-14(12)7-1-2-9-15/h3-5,15H,1-2,6-9H2. The number of unbranched alkanes of at least 4 members (excludes halogenated alkanes) is 1. The second-order valence-electron chi connectivity index (χ2n) is 3.91. The van der Waals surface area contributed by atoms with Gasteiger partial charge in [-0.25, -0.2) is 0 Å². The maximum Gasteiger partial charge on any atom is 0.0459 e. The summed E-state index contributed by atoms with van der Waals surface area (Å²) in [4.78, 5) is 2.36. The van der Waals surface area contributed by atoms with Gasteiger partial charge in [0.25, 0.3) is 0 Å². The summed E-state index contributed by atoms with van der Waals surface area (Å²) in [5, 5.41) is 9.63. The van der Waals surface area contributed by atoms with Gasteiger partial charge in [-0.3, -0.25) is 0 Å². The number of hydrogen-bond donors (Lipinski definition) is 1. The van der Waals surface area contributed by atoms with E-state index < -0.39 is 0 Å². The lowest BCUT2D eigenvalue weighted by molar-refractivity contribution is 0.285. The lowest BCUT2D eigenvalue weighted by Gasteiger charge is -2.19. The molecule has 0 aliphatic carbocycles. The molecular formula is C12H16ClNO. The Morgan fingerprint density at radius 2 is 2.20 bits per heavy atom. The molecule has 1 aliphatic rings. The summed E-state index contributed by atoms with van der Waals surface area (Å²) < 4.78 is 0. The number of fused-ring (bicyclic) bond motifs is 1. The monoisotopic (exact) mass is 225 g/mol. The second-order valence-corrected chi connectivity index (χ2v) is 4.31. The highest BCUT2D eigenvalue weighted by molar-refractivity contribution is 6.31. The quantitative estimate of drug-likeness (QED) is 0.796. The number of benzene rings is 1. The van der Waals surface area contributed by atoms with E-state index in [1.54, 1.807) is 0 Å². The first kappa shape index (κ1) is 10.8. The van der Waals surface area contributed by atoms with Crippen LogP contribution in [-0.4, -0.2) is 24.8 Å². The first-order valence-electron chi connectivity index (χ1n) is 5.46. The van der Waals surface area contributed by atoms with E-state index in [0.717, 1.165) is 37.4 Å². The van der Waals surface area contributed by atoms with Crippen molar-refractivity contribution in [1.82, 2.24) is 0 Å². The molecule has 82 valence electrons. The van der Waals surface area contributed by atoms with Crippen LogP contribution >= 0.6 is 11.6 Å². The molecule has 0 saturated carbocycles. The second kappa shape index (κ2) is 4.86. The van der Waals surface area contributed by atoms with Gasteiger partial charge in [0, 0.05) is 30.4 Å². The van der Waals surface area contributed by atoms with E-state index >= 15 is 0 Å². The average Bonchev–Trinajstić information content (AvgIpc) is 2.64. The van der Waals surface area contributed by atoms with Crippen molar-refractivity contribution in [3.63, 3.8) is 0 Å². The molecule has 0 fully saturated rings. The molecule has 0 amide bonds. The largest absolute Gasteiger partial charge is 0.396 e. The zero-order chi connectivity index (χ0) is 10.7. The van der Waals surface area contributed by atoms with Gasteiger partial charge in [0.1, 0.15) is 0 Å². The molecule has 1 aliphatic heterocycles. The zero-order valence-electron chi connectivity index (χ0n) is 8.75. The van der Waals surface area contributed by atoms with Crippen LogP contribution in [0.4, 0.5) is 5.69 Å². The van der Waals surface area contributed by atoms with Crippen molar-refractivity contribution in [3.05, 3.63) is 28.8 Å². The summed E-state index contributed by atoms with van der Waals surface area (Å²) in [7, 11) is 0. The molecular weight excluding hydrogens is 210 g/mol. The van der Waals surface area contributed by atoms with E-state index in [2.05, 4.69) is 11.0 Å². The van der Waals surface area contributed by atoms with Crippen LogP contribution in [0.2, 0.25) is 5.02 Å². The van der Waals surface area contributed by atoms with Crippen LogP contribution in [0.3, 0.4) is 0 Å². The number of halogens is 1. The van der Waals surface area contributed by atoms with Gasteiger partial charge in [-0.1, -0.05) is 17.7 Å². The van der Waals surface area contributed by atoms with E-state index in [1.807, 2.05) is 12.1 Å². The van der Waals surface area contributed by atoms with Gasteiger partial charge in [-0.2, -0.15) is 0 Å². The minimum atomic E-state index is 0.288. The molecule has 15 heavy (non-hydrogen) atoms. The Balaban J connectivity index is 2.05. The molecule has 0 radical (unpaired) electrons. The Hall–Kier alpha value is -0.730. The average molecular weight is 226 g/mol. The van der Waals surface area contributed by atoms with Crippen LogP contribution in [0, 0.1) is 0 Å². The van der Waals surface area contributed by atoms with Gasteiger partial charge >= 0.3 is 0 Å². The van der Waals surface area contributed by atoms with Gasteiger partial charge in [-0.05, 0) is 37.0 Å². The van der Waals surface area contributed by atoms with Crippen molar-refractivity contribution in [2.24, 2.45) is 0 Å². The number of anilines is 1. The van der Waals surface area contributed by atoms with Crippen molar-refractivity contribution < 1.29 is 5.11 Å². The van der Waals surface area contributed by atoms with Gasteiger partial charge in [0.15, 0.2) is 0 Å². The van der Waals surface area contributed by atoms with Crippen LogP contribution in [-0.2, 0) is 6.42 Å². The number of aliphatic hydroxyl groups excluding tert-OH is 1. The maximum atomic E-state index is 8.74. The Bertz CT molecular complexity index is 340. The van der Waals surface area contributed by atoms with E-state index in [1.165, 1.54) is 11.3 Å². The topological polar surface area (TPSA) is 23.5 Å². The third-order valence-corrected chi connectivity index (χ3v) is 3.26. The van der Waals surface area contributed by atoms with Crippen LogP contribution in [0.5, 0.6) is 0 Å². The van der Waals surface area contributed by atoms with Crippen LogP contribution < -0.4 is 4.90 Å². The van der Waals surface area contributed by atoms with Crippen LogP contribution in [0.1, 0.15) is 18.4 Å². The fraction of sp³-hybridized carbons (Fsp3) is 0.500. The lowest BCUT2D eigenvalue weighted by atomic mass is 10.2. The summed E-state index contributed by atoms with van der Waals surface area (Å²) in [6, 6.07) is 6.09. The van der Waals surface area contributed by atoms with E-state index in [4.69, 9.17) is 16.7 Å². The van der Waals surface area contributed by atoms with E-state index in [9.17, 15) is 0 Å². The summed E-state index contributed by atoms with van der Waals surface area (Å²) in [5.74, 6) is 0.